The molecule has 4 rings (SSSR count). The van der Waals surface area contributed by atoms with Gasteiger partial charge in [-0.05, 0) is 48.5 Å². The number of halogens is 1. The number of aromatic nitrogens is 1. The molecule has 1 heterocycles. The first-order valence-electron chi connectivity index (χ1n) is 10.3. The number of nitrogens with one attached hydrogen (secondary N) is 1. The molecule has 6 nitrogen and oxygen atoms in total. The first-order chi connectivity index (χ1) is 15.9. The molecule has 0 aliphatic rings. The number of anilines is 1. The van der Waals surface area contributed by atoms with Gasteiger partial charge in [-0.15, -0.1) is 0 Å². The van der Waals surface area contributed by atoms with Crippen LogP contribution >= 0.6 is 0 Å². The highest BCUT2D eigenvalue weighted by Gasteiger charge is 2.19. The van der Waals surface area contributed by atoms with Crippen LogP contribution in [-0.4, -0.2) is 42.4 Å². The number of rotatable bonds is 6. The van der Waals surface area contributed by atoms with Crippen LogP contribution in [0.4, 0.5) is 10.1 Å². The van der Waals surface area contributed by atoms with Crippen molar-refractivity contribution in [2.45, 2.75) is 0 Å². The van der Waals surface area contributed by atoms with Crippen molar-refractivity contribution in [2.24, 2.45) is 0 Å². The normalized spacial score (nSPS) is 10.6. The van der Waals surface area contributed by atoms with E-state index in [2.05, 4.69) is 10.3 Å². The minimum atomic E-state index is -0.349. The van der Waals surface area contributed by atoms with Gasteiger partial charge in [0.25, 0.3) is 5.91 Å². The summed E-state index contributed by atoms with van der Waals surface area (Å²) in [6.07, 6.45) is 0. The highest BCUT2D eigenvalue weighted by molar-refractivity contribution is 6.08. The maximum atomic E-state index is 13.4. The molecule has 1 aromatic heterocycles. The van der Waals surface area contributed by atoms with E-state index in [9.17, 15) is 14.0 Å². The minimum Gasteiger partial charge on any atom is -0.497 e. The molecule has 2 amide bonds. The fraction of sp³-hybridized carbons (Fsp3) is 0.115. The summed E-state index contributed by atoms with van der Waals surface area (Å²) in [5.74, 6) is -0.389. The second kappa shape index (κ2) is 9.48. The van der Waals surface area contributed by atoms with Crippen LogP contribution in [0.3, 0.4) is 0 Å². The number of likely N-dealkylation sites (N-methyl/N-ethyl adjacent to an activating group) is 1. The number of fused-ring (bicyclic) bond motifs is 1. The molecule has 0 radical (unpaired) electrons. The Labute approximate surface area is 190 Å². The van der Waals surface area contributed by atoms with E-state index >= 15 is 0 Å². The summed E-state index contributed by atoms with van der Waals surface area (Å²) < 4.78 is 18.5. The van der Waals surface area contributed by atoms with Gasteiger partial charge in [0.15, 0.2) is 0 Å². The van der Waals surface area contributed by atoms with Crippen molar-refractivity contribution in [3.8, 4) is 17.0 Å². The monoisotopic (exact) mass is 443 g/mol. The average Bonchev–Trinajstić information content (AvgIpc) is 2.83. The lowest BCUT2D eigenvalue weighted by atomic mass is 10.0. The van der Waals surface area contributed by atoms with Crippen molar-refractivity contribution >= 4 is 28.4 Å². The van der Waals surface area contributed by atoms with Crippen LogP contribution in [0.1, 0.15) is 10.4 Å². The number of para-hydroxylation sites is 1. The summed E-state index contributed by atoms with van der Waals surface area (Å²) in [7, 11) is 3.12. The molecule has 3 aromatic carbocycles. The Hall–Kier alpha value is -4.26. The van der Waals surface area contributed by atoms with Gasteiger partial charge in [-0.2, -0.15) is 0 Å². The molecule has 0 fully saturated rings. The minimum absolute atomic E-state index is 0.140. The molecular weight excluding hydrogens is 421 g/mol. The average molecular weight is 443 g/mol. The third-order valence-corrected chi connectivity index (χ3v) is 5.17. The first-order valence-corrected chi connectivity index (χ1v) is 10.3. The lowest BCUT2D eigenvalue weighted by molar-refractivity contribution is -0.116. The fourth-order valence-electron chi connectivity index (χ4n) is 3.52. The Morgan fingerprint density at radius 2 is 1.76 bits per heavy atom. The van der Waals surface area contributed by atoms with Crippen LogP contribution in [0.25, 0.3) is 22.2 Å². The molecule has 4 aromatic rings. The van der Waals surface area contributed by atoms with Crippen molar-refractivity contribution in [1.29, 1.82) is 0 Å². The molecule has 166 valence electrons. The fourth-order valence-corrected chi connectivity index (χ4v) is 3.52. The van der Waals surface area contributed by atoms with Crippen LogP contribution in [-0.2, 0) is 4.79 Å². The van der Waals surface area contributed by atoms with Crippen LogP contribution in [0, 0.1) is 5.82 Å². The molecule has 1 N–H and O–H groups in total. The van der Waals surface area contributed by atoms with E-state index in [1.165, 1.54) is 17.0 Å². The van der Waals surface area contributed by atoms with E-state index < -0.39 is 0 Å². The smallest absolute Gasteiger partial charge is 0.254 e. The van der Waals surface area contributed by atoms with Crippen molar-refractivity contribution in [3.05, 3.63) is 90.2 Å². The standard InChI is InChI=1S/C26H22FN3O3/c1-30(16-25(31)28-19-6-5-7-20(14-19)33-2)26(32)22-15-24(17-10-12-18(27)13-11-17)29-23-9-4-3-8-21(22)23/h3-15H,16H2,1-2H3,(H,28,31). The van der Waals surface area contributed by atoms with E-state index in [4.69, 9.17) is 4.74 Å². The topological polar surface area (TPSA) is 71.5 Å². The lowest BCUT2D eigenvalue weighted by Gasteiger charge is -2.19. The van der Waals surface area contributed by atoms with Gasteiger partial charge in [0.1, 0.15) is 11.6 Å². The maximum Gasteiger partial charge on any atom is 0.254 e. The molecule has 0 aliphatic heterocycles. The summed E-state index contributed by atoms with van der Waals surface area (Å²) in [5.41, 5.74) is 2.86. The van der Waals surface area contributed by atoms with Crippen LogP contribution < -0.4 is 10.1 Å². The summed E-state index contributed by atoms with van der Waals surface area (Å²) in [6.45, 7) is -0.140. The van der Waals surface area contributed by atoms with E-state index in [-0.39, 0.29) is 24.2 Å². The van der Waals surface area contributed by atoms with Gasteiger partial charge in [-0.1, -0.05) is 24.3 Å². The molecule has 33 heavy (non-hydrogen) atoms. The van der Waals surface area contributed by atoms with E-state index in [1.807, 2.05) is 24.3 Å². The second-order valence-electron chi connectivity index (χ2n) is 7.52. The van der Waals surface area contributed by atoms with Crippen LogP contribution in [0.2, 0.25) is 0 Å². The molecular formula is C26H22FN3O3. The SMILES string of the molecule is COc1cccc(NC(=O)CN(C)C(=O)c2cc(-c3ccc(F)cc3)nc3ccccc23)c1. The Morgan fingerprint density at radius 1 is 1.00 bits per heavy atom. The van der Waals surface area contributed by atoms with Crippen LogP contribution in [0.5, 0.6) is 5.75 Å². The van der Waals surface area contributed by atoms with Gasteiger partial charge in [0.2, 0.25) is 5.91 Å². The molecule has 0 aliphatic carbocycles. The van der Waals surface area contributed by atoms with Gasteiger partial charge >= 0.3 is 0 Å². The Morgan fingerprint density at radius 3 is 2.52 bits per heavy atom. The van der Waals surface area contributed by atoms with E-state index in [1.54, 1.807) is 56.6 Å². The first kappa shape index (κ1) is 22.0. The third-order valence-electron chi connectivity index (χ3n) is 5.17. The van der Waals surface area contributed by atoms with E-state index in [0.717, 1.165) is 0 Å². The quantitative estimate of drug-likeness (QED) is 0.466. The predicted molar refractivity (Wildman–Crippen MR) is 126 cm³/mol. The highest BCUT2D eigenvalue weighted by Crippen LogP contribution is 2.26. The molecule has 0 unspecified atom stereocenters. The summed E-state index contributed by atoms with van der Waals surface area (Å²) in [5, 5.41) is 3.45. The Kier molecular flexibility index (Phi) is 6.31. The molecule has 0 saturated carbocycles. The number of carbonyl (C=O) groups excluding carboxylic acids is 2. The van der Waals surface area contributed by atoms with Crippen LogP contribution in [0.15, 0.2) is 78.9 Å². The number of pyridine rings is 1. The molecule has 7 heteroatoms. The number of ether oxygens (including phenoxy) is 1. The number of methoxy groups -OCH3 is 1. The third kappa shape index (κ3) is 4.98. The van der Waals surface area contributed by atoms with Gasteiger partial charge < -0.3 is 15.0 Å². The van der Waals surface area contributed by atoms with Crippen molar-refractivity contribution in [1.82, 2.24) is 9.88 Å². The maximum absolute atomic E-state index is 13.4. The number of hydrogen-bond acceptors (Lipinski definition) is 4. The van der Waals surface area contributed by atoms with E-state index in [0.29, 0.717) is 39.2 Å². The second-order valence-corrected chi connectivity index (χ2v) is 7.52. The van der Waals surface area contributed by atoms with Gasteiger partial charge in [0.05, 0.1) is 30.4 Å². The zero-order chi connectivity index (χ0) is 23.4. The Balaban J connectivity index is 1.59. The summed E-state index contributed by atoms with van der Waals surface area (Å²) in [6, 6.07) is 21.9. The highest BCUT2D eigenvalue weighted by atomic mass is 19.1. The predicted octanol–water partition coefficient (Wildman–Crippen LogP) is 4.76. The van der Waals surface area contributed by atoms with Gasteiger partial charge in [-0.3, -0.25) is 9.59 Å². The Bertz CT molecular complexity index is 1320. The van der Waals surface area contributed by atoms with Crippen molar-refractivity contribution in [3.63, 3.8) is 0 Å². The largest absolute Gasteiger partial charge is 0.497 e. The van der Waals surface area contributed by atoms with Gasteiger partial charge in [-0.25, -0.2) is 9.37 Å². The molecule has 0 atom stereocenters. The number of nitrogens with zero attached hydrogens (tertiary/aromatic N) is 2. The lowest BCUT2D eigenvalue weighted by Crippen LogP contribution is -2.35. The molecule has 0 spiro atoms. The van der Waals surface area contributed by atoms with Gasteiger partial charge in [0, 0.05) is 29.8 Å². The number of benzene rings is 3. The number of hydrogen-bond donors (Lipinski definition) is 1. The summed E-state index contributed by atoms with van der Waals surface area (Å²) in [4.78, 5) is 31.9. The number of carbonyl (C=O) groups is 2. The zero-order valence-corrected chi connectivity index (χ0v) is 18.2. The van der Waals surface area contributed by atoms with Crippen molar-refractivity contribution < 1.29 is 18.7 Å². The zero-order valence-electron chi connectivity index (χ0n) is 18.2. The summed E-state index contributed by atoms with van der Waals surface area (Å²) >= 11 is 0. The molecule has 0 saturated heterocycles. The molecule has 0 bridgehead atoms. The van der Waals surface area contributed by atoms with Crippen molar-refractivity contribution in [2.75, 3.05) is 26.0 Å². The number of amides is 2.